The number of aromatic nitrogens is 4. The molecule has 2 aromatic heterocycles. The van der Waals surface area contributed by atoms with Gasteiger partial charge in [-0.2, -0.15) is 18.2 Å². The van der Waals surface area contributed by atoms with Crippen LogP contribution in [-0.2, 0) is 24.8 Å². The summed E-state index contributed by atoms with van der Waals surface area (Å²) in [4.78, 5) is 42.9. The van der Waals surface area contributed by atoms with Gasteiger partial charge < -0.3 is 19.9 Å². The van der Waals surface area contributed by atoms with Crippen molar-refractivity contribution in [2.75, 3.05) is 31.1 Å². The molecule has 4 rings (SSSR count). The molecule has 0 bridgehead atoms. The Kier molecular flexibility index (Phi) is 9.38. The maximum absolute atomic E-state index is 13.7. The molecule has 3 heterocycles. The molecule has 2 N–H and O–H groups in total. The Morgan fingerprint density at radius 1 is 1.15 bits per heavy atom. The number of halogens is 3. The van der Waals surface area contributed by atoms with Crippen LogP contribution in [0, 0.1) is 0 Å². The lowest BCUT2D eigenvalue weighted by atomic mass is 10.1. The smallest absolute Gasteiger partial charge is 0.475 e. The number of carboxylic acids is 1. The van der Waals surface area contributed by atoms with Crippen molar-refractivity contribution in [3.05, 3.63) is 68.4 Å². The minimum Gasteiger partial charge on any atom is -0.475 e. The molecule has 0 spiro atoms. The molecule has 1 fully saturated rings. The van der Waals surface area contributed by atoms with Crippen molar-refractivity contribution in [1.82, 2.24) is 24.0 Å². The van der Waals surface area contributed by atoms with Gasteiger partial charge >= 0.3 is 17.8 Å². The predicted molar refractivity (Wildman–Crippen MR) is 142 cm³/mol. The highest BCUT2D eigenvalue weighted by Gasteiger charge is 2.38. The molecule has 13 heteroatoms. The third kappa shape index (κ3) is 6.96. The number of carboxylic acid groups (broad SMARTS) is 1. The van der Waals surface area contributed by atoms with Crippen molar-refractivity contribution in [3.63, 3.8) is 0 Å². The van der Waals surface area contributed by atoms with Crippen molar-refractivity contribution in [2.45, 2.75) is 46.0 Å². The van der Waals surface area contributed by atoms with E-state index in [1.165, 1.54) is 14.7 Å². The van der Waals surface area contributed by atoms with E-state index in [9.17, 15) is 22.8 Å². The lowest BCUT2D eigenvalue weighted by molar-refractivity contribution is -0.192. The first-order valence-electron chi connectivity index (χ1n) is 12.5. The quantitative estimate of drug-likeness (QED) is 0.454. The van der Waals surface area contributed by atoms with Gasteiger partial charge in [-0.1, -0.05) is 42.0 Å². The molecule has 1 aliphatic heterocycles. The minimum absolute atomic E-state index is 0.275. The SMILES string of the molecule is CC(C)=CCn1c(N2CCNCC2)nc2c1c(=O)n(C(C)Cc1ccccc1)c(=O)n2C.O=C(O)C(F)(F)F. The summed E-state index contributed by atoms with van der Waals surface area (Å²) in [5.41, 5.74) is 2.58. The summed E-state index contributed by atoms with van der Waals surface area (Å²) >= 11 is 0. The van der Waals surface area contributed by atoms with E-state index in [0.29, 0.717) is 24.1 Å². The van der Waals surface area contributed by atoms with E-state index in [0.717, 1.165) is 37.7 Å². The summed E-state index contributed by atoms with van der Waals surface area (Å²) in [5.74, 6) is -2.01. The number of carbonyl (C=O) groups is 1. The summed E-state index contributed by atoms with van der Waals surface area (Å²) in [6, 6.07) is 9.67. The Balaban J connectivity index is 0.000000532. The van der Waals surface area contributed by atoms with Crippen molar-refractivity contribution < 1.29 is 23.1 Å². The van der Waals surface area contributed by atoms with Gasteiger partial charge in [-0.15, -0.1) is 0 Å². The third-order valence-corrected chi connectivity index (χ3v) is 6.30. The molecule has 1 atom stereocenters. The number of piperazine rings is 1. The van der Waals surface area contributed by atoms with Crippen LogP contribution >= 0.6 is 0 Å². The molecule has 0 amide bonds. The van der Waals surface area contributed by atoms with E-state index in [1.54, 1.807) is 7.05 Å². The van der Waals surface area contributed by atoms with Gasteiger partial charge in [0.15, 0.2) is 11.2 Å². The first-order valence-corrected chi connectivity index (χ1v) is 12.5. The van der Waals surface area contributed by atoms with Crippen LogP contribution in [0.4, 0.5) is 19.1 Å². The number of allylic oxidation sites excluding steroid dienone is 2. The predicted octanol–water partition coefficient (Wildman–Crippen LogP) is 2.71. The third-order valence-electron chi connectivity index (χ3n) is 6.30. The molecule has 212 valence electrons. The van der Waals surface area contributed by atoms with Gasteiger partial charge in [0.25, 0.3) is 5.56 Å². The molecule has 0 aliphatic carbocycles. The van der Waals surface area contributed by atoms with E-state index < -0.39 is 12.1 Å². The lowest BCUT2D eigenvalue weighted by Gasteiger charge is -2.28. The number of nitrogens with one attached hydrogen (secondary N) is 1. The number of aryl methyl sites for hydroxylation is 1. The van der Waals surface area contributed by atoms with Crippen LogP contribution in [-0.4, -0.2) is 62.1 Å². The molecule has 1 aliphatic rings. The molecule has 3 aromatic rings. The van der Waals surface area contributed by atoms with Gasteiger partial charge in [0.2, 0.25) is 5.95 Å². The summed E-state index contributed by atoms with van der Waals surface area (Å²) in [6.07, 6.45) is -2.39. The lowest BCUT2D eigenvalue weighted by Crippen LogP contribution is -2.44. The normalized spacial score (nSPS) is 14.5. The largest absolute Gasteiger partial charge is 0.490 e. The maximum Gasteiger partial charge on any atom is 0.490 e. The Hall–Kier alpha value is -3.87. The Morgan fingerprint density at radius 2 is 1.74 bits per heavy atom. The Labute approximate surface area is 223 Å². The Bertz CT molecular complexity index is 1450. The Morgan fingerprint density at radius 3 is 2.28 bits per heavy atom. The van der Waals surface area contributed by atoms with Gasteiger partial charge in [-0.05, 0) is 32.8 Å². The number of nitrogens with zero attached hydrogens (tertiary/aromatic N) is 5. The monoisotopic (exact) mass is 550 g/mol. The van der Waals surface area contributed by atoms with Crippen LogP contribution in [0.3, 0.4) is 0 Å². The zero-order valence-corrected chi connectivity index (χ0v) is 22.3. The van der Waals surface area contributed by atoms with Gasteiger partial charge in [0.05, 0.1) is 0 Å². The molecular weight excluding hydrogens is 517 g/mol. The zero-order valence-electron chi connectivity index (χ0n) is 22.3. The first-order chi connectivity index (χ1) is 18.3. The second kappa shape index (κ2) is 12.3. The molecule has 0 radical (unpaired) electrons. The number of hydrogen-bond donors (Lipinski definition) is 2. The van der Waals surface area contributed by atoms with Crippen LogP contribution in [0.15, 0.2) is 51.6 Å². The van der Waals surface area contributed by atoms with Crippen LogP contribution in [0.1, 0.15) is 32.4 Å². The second-order valence-electron chi connectivity index (χ2n) is 9.57. The summed E-state index contributed by atoms with van der Waals surface area (Å²) in [6.45, 7) is 9.90. The number of imidazole rings is 1. The van der Waals surface area contributed by atoms with E-state index in [-0.39, 0.29) is 17.3 Å². The highest BCUT2D eigenvalue weighted by molar-refractivity contribution is 5.75. The fourth-order valence-corrected chi connectivity index (χ4v) is 4.32. The number of rotatable bonds is 6. The molecule has 0 saturated carbocycles. The average Bonchev–Trinajstić information content (AvgIpc) is 3.27. The highest BCUT2D eigenvalue weighted by atomic mass is 19.4. The van der Waals surface area contributed by atoms with Crippen LogP contribution in [0.25, 0.3) is 11.2 Å². The number of alkyl halides is 3. The molecule has 1 unspecified atom stereocenters. The van der Waals surface area contributed by atoms with E-state index in [4.69, 9.17) is 14.9 Å². The highest BCUT2D eigenvalue weighted by Crippen LogP contribution is 2.21. The van der Waals surface area contributed by atoms with E-state index in [2.05, 4.69) is 16.3 Å². The van der Waals surface area contributed by atoms with Gasteiger partial charge in [0, 0.05) is 45.8 Å². The second-order valence-corrected chi connectivity index (χ2v) is 9.57. The first kappa shape index (κ1) is 29.7. The fourth-order valence-electron chi connectivity index (χ4n) is 4.32. The minimum atomic E-state index is -5.08. The van der Waals surface area contributed by atoms with Gasteiger partial charge in [-0.3, -0.25) is 13.9 Å². The van der Waals surface area contributed by atoms with Crippen LogP contribution < -0.4 is 21.5 Å². The van der Waals surface area contributed by atoms with Crippen LogP contribution in [0.5, 0.6) is 0 Å². The zero-order chi connectivity index (χ0) is 28.9. The van der Waals surface area contributed by atoms with Crippen LogP contribution in [0.2, 0.25) is 0 Å². The van der Waals surface area contributed by atoms with Crippen molar-refractivity contribution >= 4 is 23.1 Å². The molecule has 1 saturated heterocycles. The maximum atomic E-state index is 13.7. The molecule has 1 aromatic carbocycles. The summed E-state index contributed by atoms with van der Waals surface area (Å²) < 4.78 is 36.6. The number of aliphatic carboxylic acids is 1. The van der Waals surface area contributed by atoms with Crippen molar-refractivity contribution in [3.8, 4) is 0 Å². The average molecular weight is 551 g/mol. The molecule has 39 heavy (non-hydrogen) atoms. The van der Waals surface area contributed by atoms with E-state index in [1.807, 2.05) is 55.7 Å². The number of hydrogen-bond acceptors (Lipinski definition) is 6. The van der Waals surface area contributed by atoms with Gasteiger partial charge in [0.1, 0.15) is 0 Å². The molecule has 10 nitrogen and oxygen atoms in total. The topological polar surface area (TPSA) is 114 Å². The van der Waals surface area contributed by atoms with Crippen molar-refractivity contribution in [2.24, 2.45) is 7.05 Å². The standard InChI is InChI=1S/C24H32N6O2.C2HF3O2/c1-17(2)10-13-29-20-21(26-23(29)28-14-11-25-12-15-28)27(4)24(32)30(22(20)31)18(3)16-19-8-6-5-7-9-19;3-2(4,5)1(6)7/h5-10,18,25H,11-16H2,1-4H3;(H,6,7). The van der Waals surface area contributed by atoms with Gasteiger partial charge in [-0.25, -0.2) is 9.59 Å². The molecular formula is C26H33F3N6O4. The van der Waals surface area contributed by atoms with Crippen molar-refractivity contribution in [1.29, 1.82) is 0 Å². The number of anilines is 1. The van der Waals surface area contributed by atoms with E-state index >= 15 is 0 Å². The summed E-state index contributed by atoms with van der Waals surface area (Å²) in [7, 11) is 1.70. The number of benzene rings is 1. The fraction of sp³-hybridized carbons (Fsp3) is 0.462. The summed E-state index contributed by atoms with van der Waals surface area (Å²) in [5, 5.41) is 10.5. The number of fused-ring (bicyclic) bond motifs is 1.